The Balaban J connectivity index is 0.00000220. The first-order chi connectivity index (χ1) is 9.56. The van der Waals surface area contributed by atoms with Gasteiger partial charge in [0.1, 0.15) is 5.75 Å². The molecule has 1 heterocycles. The predicted molar refractivity (Wildman–Crippen MR) is 77.7 cm³/mol. The van der Waals surface area contributed by atoms with E-state index in [1.54, 1.807) is 12.1 Å². The highest BCUT2D eigenvalue weighted by atomic mass is 35.5. The van der Waals surface area contributed by atoms with Crippen LogP contribution < -0.4 is 15.4 Å². The lowest BCUT2D eigenvalue weighted by Gasteiger charge is -2.31. The second kappa shape index (κ2) is 8.14. The fourth-order valence-corrected chi connectivity index (χ4v) is 2.06. The van der Waals surface area contributed by atoms with Gasteiger partial charge in [0, 0.05) is 12.5 Å². The van der Waals surface area contributed by atoms with Crippen LogP contribution in [-0.4, -0.2) is 25.6 Å². The van der Waals surface area contributed by atoms with E-state index in [0.717, 1.165) is 18.7 Å². The first-order valence-electron chi connectivity index (χ1n) is 6.58. The lowest BCUT2D eigenvalue weighted by Crippen LogP contribution is -2.49. The fourth-order valence-electron chi connectivity index (χ4n) is 2.06. The molecule has 0 saturated carbocycles. The lowest BCUT2D eigenvalue weighted by atomic mass is 9.88. The van der Waals surface area contributed by atoms with Crippen LogP contribution in [0.4, 0.5) is 8.78 Å². The quantitative estimate of drug-likeness (QED) is 0.844. The third kappa shape index (κ3) is 5.13. The van der Waals surface area contributed by atoms with Gasteiger partial charge < -0.3 is 15.4 Å². The molecule has 1 aromatic carbocycles. The summed E-state index contributed by atoms with van der Waals surface area (Å²) in [7, 11) is 0. The predicted octanol–water partition coefficient (Wildman–Crippen LogP) is 2.18. The van der Waals surface area contributed by atoms with Gasteiger partial charge in [-0.05, 0) is 36.7 Å². The summed E-state index contributed by atoms with van der Waals surface area (Å²) in [5, 5.41) is 5.95. The molecule has 2 N–H and O–H groups in total. The number of hydrogen-bond acceptors (Lipinski definition) is 3. The SMILES string of the molecule is CC(C(=O)NCc1cccc(OC(F)F)c1)C1CNC1.Cl. The molecule has 2 rings (SSSR count). The third-order valence-corrected chi connectivity index (χ3v) is 3.52. The average Bonchev–Trinajstić information content (AvgIpc) is 2.33. The van der Waals surface area contributed by atoms with Gasteiger partial charge in [0.25, 0.3) is 0 Å². The van der Waals surface area contributed by atoms with Gasteiger partial charge in [0.05, 0.1) is 0 Å². The topological polar surface area (TPSA) is 50.4 Å². The van der Waals surface area contributed by atoms with E-state index in [4.69, 9.17) is 0 Å². The van der Waals surface area contributed by atoms with Crippen molar-refractivity contribution in [2.45, 2.75) is 20.1 Å². The van der Waals surface area contributed by atoms with Gasteiger partial charge >= 0.3 is 6.61 Å². The number of nitrogens with one attached hydrogen (secondary N) is 2. The standard InChI is InChI=1S/C14H18F2N2O2.ClH/c1-9(11-7-17-8-11)13(19)18-6-10-3-2-4-12(5-10)20-14(15)16;/h2-5,9,11,14,17H,6-8H2,1H3,(H,18,19);1H. The number of hydrogen-bond donors (Lipinski definition) is 2. The van der Waals surface area contributed by atoms with Crippen molar-refractivity contribution in [3.8, 4) is 5.75 Å². The summed E-state index contributed by atoms with van der Waals surface area (Å²) in [5.74, 6) is 0.417. The fraction of sp³-hybridized carbons (Fsp3) is 0.500. The van der Waals surface area contributed by atoms with Gasteiger partial charge in [-0.25, -0.2) is 0 Å². The van der Waals surface area contributed by atoms with Crippen molar-refractivity contribution in [3.63, 3.8) is 0 Å². The van der Waals surface area contributed by atoms with Gasteiger partial charge in [-0.2, -0.15) is 8.78 Å². The van der Waals surface area contributed by atoms with E-state index in [-0.39, 0.29) is 30.0 Å². The van der Waals surface area contributed by atoms with E-state index >= 15 is 0 Å². The zero-order valence-corrected chi connectivity index (χ0v) is 12.5. The summed E-state index contributed by atoms with van der Waals surface area (Å²) in [6.45, 7) is 1.10. The van der Waals surface area contributed by atoms with Crippen LogP contribution in [0.1, 0.15) is 12.5 Å². The average molecular weight is 321 g/mol. The van der Waals surface area contributed by atoms with Gasteiger partial charge in [-0.3, -0.25) is 4.79 Å². The molecule has 118 valence electrons. The van der Waals surface area contributed by atoms with Crippen molar-refractivity contribution < 1.29 is 18.3 Å². The summed E-state index contributed by atoms with van der Waals surface area (Å²) in [6.07, 6.45) is 0. The number of carbonyl (C=O) groups is 1. The Hall–Kier alpha value is -1.40. The molecule has 1 amide bonds. The molecule has 0 spiro atoms. The number of carbonyl (C=O) groups excluding carboxylic acids is 1. The molecule has 1 aliphatic rings. The molecular formula is C14H19ClF2N2O2. The molecule has 0 radical (unpaired) electrons. The van der Waals surface area contributed by atoms with Crippen molar-refractivity contribution in [3.05, 3.63) is 29.8 Å². The van der Waals surface area contributed by atoms with Crippen molar-refractivity contribution in [2.24, 2.45) is 11.8 Å². The molecule has 1 saturated heterocycles. The Bertz CT molecular complexity index is 470. The Morgan fingerprint density at radius 1 is 1.48 bits per heavy atom. The number of ether oxygens (including phenoxy) is 1. The minimum Gasteiger partial charge on any atom is -0.435 e. The molecule has 1 unspecified atom stereocenters. The zero-order chi connectivity index (χ0) is 14.5. The van der Waals surface area contributed by atoms with Crippen molar-refractivity contribution in [1.29, 1.82) is 0 Å². The first-order valence-corrected chi connectivity index (χ1v) is 6.58. The highest BCUT2D eigenvalue weighted by molar-refractivity contribution is 5.85. The van der Waals surface area contributed by atoms with Crippen LogP contribution in [-0.2, 0) is 11.3 Å². The Kier molecular flexibility index (Phi) is 6.84. The summed E-state index contributed by atoms with van der Waals surface area (Å²) in [6, 6.07) is 6.34. The second-order valence-electron chi connectivity index (χ2n) is 4.95. The van der Waals surface area contributed by atoms with Crippen molar-refractivity contribution >= 4 is 18.3 Å². The van der Waals surface area contributed by atoms with Crippen LogP contribution in [0.5, 0.6) is 5.75 Å². The van der Waals surface area contributed by atoms with Gasteiger partial charge in [-0.1, -0.05) is 19.1 Å². The van der Waals surface area contributed by atoms with E-state index in [9.17, 15) is 13.6 Å². The molecule has 0 aromatic heterocycles. The summed E-state index contributed by atoms with van der Waals surface area (Å²) < 4.78 is 28.5. The van der Waals surface area contributed by atoms with E-state index in [1.807, 2.05) is 6.92 Å². The monoisotopic (exact) mass is 320 g/mol. The van der Waals surface area contributed by atoms with Crippen LogP contribution >= 0.6 is 12.4 Å². The Morgan fingerprint density at radius 3 is 2.76 bits per heavy atom. The highest BCUT2D eigenvalue weighted by Crippen LogP contribution is 2.18. The molecule has 1 fully saturated rings. The van der Waals surface area contributed by atoms with Gasteiger partial charge in [0.2, 0.25) is 5.91 Å². The van der Waals surface area contributed by atoms with Crippen LogP contribution in [0.15, 0.2) is 24.3 Å². The van der Waals surface area contributed by atoms with Crippen LogP contribution in [0.25, 0.3) is 0 Å². The summed E-state index contributed by atoms with van der Waals surface area (Å²) in [5.41, 5.74) is 0.732. The molecule has 1 aliphatic heterocycles. The van der Waals surface area contributed by atoms with Crippen molar-refractivity contribution in [1.82, 2.24) is 10.6 Å². The smallest absolute Gasteiger partial charge is 0.387 e. The minimum atomic E-state index is -2.84. The minimum absolute atomic E-state index is 0. The van der Waals surface area contributed by atoms with Crippen LogP contribution in [0, 0.1) is 11.8 Å². The molecule has 1 atom stereocenters. The number of amides is 1. The molecular weight excluding hydrogens is 302 g/mol. The molecule has 0 bridgehead atoms. The van der Waals surface area contributed by atoms with E-state index in [0.29, 0.717) is 12.5 Å². The maximum Gasteiger partial charge on any atom is 0.387 e. The van der Waals surface area contributed by atoms with E-state index in [2.05, 4.69) is 15.4 Å². The van der Waals surface area contributed by atoms with E-state index < -0.39 is 6.61 Å². The number of benzene rings is 1. The van der Waals surface area contributed by atoms with Crippen molar-refractivity contribution in [2.75, 3.05) is 13.1 Å². The highest BCUT2D eigenvalue weighted by Gasteiger charge is 2.28. The Morgan fingerprint density at radius 2 is 2.19 bits per heavy atom. The number of rotatable bonds is 6. The van der Waals surface area contributed by atoms with Gasteiger partial charge in [-0.15, -0.1) is 12.4 Å². The molecule has 4 nitrogen and oxygen atoms in total. The second-order valence-corrected chi connectivity index (χ2v) is 4.95. The molecule has 1 aromatic rings. The molecule has 0 aliphatic carbocycles. The molecule has 21 heavy (non-hydrogen) atoms. The van der Waals surface area contributed by atoms with Crippen LogP contribution in [0.2, 0.25) is 0 Å². The van der Waals surface area contributed by atoms with Crippen LogP contribution in [0.3, 0.4) is 0 Å². The lowest BCUT2D eigenvalue weighted by molar-refractivity contribution is -0.126. The van der Waals surface area contributed by atoms with E-state index in [1.165, 1.54) is 12.1 Å². The summed E-state index contributed by atoms with van der Waals surface area (Å²) >= 11 is 0. The largest absolute Gasteiger partial charge is 0.435 e. The molecule has 7 heteroatoms. The maximum absolute atomic E-state index is 12.1. The number of halogens is 3. The third-order valence-electron chi connectivity index (χ3n) is 3.52. The Labute approximate surface area is 128 Å². The normalized spacial score (nSPS) is 15.8. The zero-order valence-electron chi connectivity index (χ0n) is 11.6. The summed E-state index contributed by atoms with van der Waals surface area (Å²) in [4.78, 5) is 11.9. The maximum atomic E-state index is 12.1. The van der Waals surface area contributed by atoms with Gasteiger partial charge in [0.15, 0.2) is 0 Å². The number of alkyl halides is 2. The first kappa shape index (κ1) is 17.7.